The van der Waals surface area contributed by atoms with Crippen LogP contribution >= 0.6 is 0 Å². The molecule has 0 aromatic rings. The van der Waals surface area contributed by atoms with Crippen molar-refractivity contribution in [1.82, 2.24) is 0 Å². The first-order valence-electron chi connectivity index (χ1n) is 7.51. The van der Waals surface area contributed by atoms with Gasteiger partial charge in [-0.15, -0.1) is 0 Å². The van der Waals surface area contributed by atoms with Crippen LogP contribution in [0.3, 0.4) is 0 Å². The SMILES string of the molecule is CO[C@H]1CC[C@]2(C)[C@@H](CO)[C@@H](C)CC[C@H]2C1(C)C. The van der Waals surface area contributed by atoms with E-state index < -0.39 is 0 Å². The van der Waals surface area contributed by atoms with Crippen molar-refractivity contribution in [2.24, 2.45) is 28.6 Å². The minimum Gasteiger partial charge on any atom is -0.396 e. The lowest BCUT2D eigenvalue weighted by molar-refractivity contribution is -0.164. The largest absolute Gasteiger partial charge is 0.396 e. The van der Waals surface area contributed by atoms with E-state index in [-0.39, 0.29) is 5.41 Å². The molecule has 0 bridgehead atoms. The van der Waals surface area contributed by atoms with Crippen LogP contribution in [0.1, 0.15) is 53.4 Å². The van der Waals surface area contributed by atoms with E-state index in [1.54, 1.807) is 0 Å². The van der Waals surface area contributed by atoms with E-state index in [0.29, 0.717) is 35.9 Å². The van der Waals surface area contributed by atoms with Crippen molar-refractivity contribution in [1.29, 1.82) is 0 Å². The van der Waals surface area contributed by atoms with E-state index in [1.807, 2.05) is 7.11 Å². The molecule has 2 aliphatic carbocycles. The summed E-state index contributed by atoms with van der Waals surface area (Å²) in [6.45, 7) is 9.82. The Hall–Kier alpha value is -0.0800. The highest BCUT2D eigenvalue weighted by Crippen LogP contribution is 2.61. The van der Waals surface area contributed by atoms with Gasteiger partial charge in [0, 0.05) is 13.7 Å². The maximum absolute atomic E-state index is 9.83. The number of hydrogen-bond acceptors (Lipinski definition) is 2. The van der Waals surface area contributed by atoms with Crippen LogP contribution in [0.2, 0.25) is 0 Å². The molecule has 0 radical (unpaired) electrons. The number of rotatable bonds is 2. The predicted octanol–water partition coefficient (Wildman–Crippen LogP) is 3.48. The van der Waals surface area contributed by atoms with Gasteiger partial charge in [0.25, 0.3) is 0 Å². The zero-order valence-electron chi connectivity index (χ0n) is 12.7. The molecule has 0 heterocycles. The fourth-order valence-electron chi connectivity index (χ4n) is 5.30. The molecule has 0 amide bonds. The van der Waals surface area contributed by atoms with Gasteiger partial charge in [-0.3, -0.25) is 0 Å². The molecule has 0 aromatic carbocycles. The number of aliphatic hydroxyl groups excluding tert-OH is 1. The third kappa shape index (κ3) is 1.92. The molecule has 1 N–H and O–H groups in total. The number of aliphatic hydroxyl groups is 1. The second kappa shape index (κ2) is 4.79. The van der Waals surface area contributed by atoms with Crippen LogP contribution in [-0.2, 0) is 4.74 Å². The summed E-state index contributed by atoms with van der Waals surface area (Å²) < 4.78 is 5.73. The Morgan fingerprint density at radius 1 is 1.17 bits per heavy atom. The third-order valence-electron chi connectivity index (χ3n) is 6.40. The van der Waals surface area contributed by atoms with Crippen molar-refractivity contribution in [2.45, 2.75) is 59.5 Å². The zero-order valence-corrected chi connectivity index (χ0v) is 12.7. The van der Waals surface area contributed by atoms with Gasteiger partial charge >= 0.3 is 0 Å². The maximum atomic E-state index is 9.83. The van der Waals surface area contributed by atoms with Crippen LogP contribution in [0.4, 0.5) is 0 Å². The van der Waals surface area contributed by atoms with Gasteiger partial charge in [0.05, 0.1) is 6.10 Å². The van der Waals surface area contributed by atoms with Gasteiger partial charge in [0.15, 0.2) is 0 Å². The van der Waals surface area contributed by atoms with Crippen LogP contribution in [0.25, 0.3) is 0 Å². The summed E-state index contributed by atoms with van der Waals surface area (Å²) >= 11 is 0. The van der Waals surface area contributed by atoms with E-state index in [4.69, 9.17) is 4.74 Å². The predicted molar refractivity (Wildman–Crippen MR) is 74.4 cm³/mol. The van der Waals surface area contributed by atoms with Crippen LogP contribution in [0.15, 0.2) is 0 Å². The number of methoxy groups -OCH3 is 1. The summed E-state index contributed by atoms with van der Waals surface area (Å²) in [6, 6.07) is 0. The van der Waals surface area contributed by atoms with Crippen LogP contribution in [-0.4, -0.2) is 24.9 Å². The normalized spacial score (nSPS) is 47.7. The Kier molecular flexibility index (Phi) is 3.81. The molecular weight excluding hydrogens is 224 g/mol. The van der Waals surface area contributed by atoms with Crippen molar-refractivity contribution in [3.05, 3.63) is 0 Å². The van der Waals surface area contributed by atoms with Gasteiger partial charge in [-0.05, 0) is 47.8 Å². The van der Waals surface area contributed by atoms with Gasteiger partial charge in [-0.25, -0.2) is 0 Å². The molecule has 18 heavy (non-hydrogen) atoms. The monoisotopic (exact) mass is 254 g/mol. The standard InChI is InChI=1S/C16H30O2/c1-11-6-7-13-15(2,3)14(18-5)8-9-16(13,4)12(11)10-17/h11-14,17H,6-10H2,1-5H3/t11-,12-,13-,14-,16+/m0/s1. The Labute approximate surface area is 112 Å². The van der Waals surface area contributed by atoms with E-state index in [1.165, 1.54) is 19.3 Å². The Morgan fingerprint density at radius 2 is 1.83 bits per heavy atom. The van der Waals surface area contributed by atoms with Gasteiger partial charge < -0.3 is 9.84 Å². The van der Waals surface area contributed by atoms with Crippen molar-refractivity contribution in [3.8, 4) is 0 Å². The molecule has 0 saturated heterocycles. The zero-order chi connectivity index (χ0) is 13.6. The van der Waals surface area contributed by atoms with Crippen molar-refractivity contribution < 1.29 is 9.84 Å². The molecular formula is C16H30O2. The number of ether oxygens (including phenoxy) is 1. The van der Waals surface area contributed by atoms with Gasteiger partial charge in [-0.1, -0.05) is 34.1 Å². The van der Waals surface area contributed by atoms with Crippen LogP contribution in [0.5, 0.6) is 0 Å². The lowest BCUT2D eigenvalue weighted by atomic mass is 9.46. The first kappa shape index (κ1) is 14.3. The number of hydrogen-bond donors (Lipinski definition) is 1. The molecule has 0 aliphatic heterocycles. The molecule has 2 saturated carbocycles. The summed E-state index contributed by atoms with van der Waals surface area (Å²) in [5, 5.41) is 9.83. The average molecular weight is 254 g/mol. The molecule has 5 atom stereocenters. The Balaban J connectivity index is 2.32. The quantitative estimate of drug-likeness (QED) is 0.817. The summed E-state index contributed by atoms with van der Waals surface area (Å²) in [5.41, 5.74) is 0.528. The molecule has 0 aromatic heterocycles. The van der Waals surface area contributed by atoms with Gasteiger partial charge in [-0.2, -0.15) is 0 Å². The van der Waals surface area contributed by atoms with Crippen molar-refractivity contribution in [2.75, 3.05) is 13.7 Å². The summed E-state index contributed by atoms with van der Waals surface area (Å²) in [6.07, 6.45) is 5.27. The van der Waals surface area contributed by atoms with Crippen LogP contribution < -0.4 is 0 Å². The third-order valence-corrected chi connectivity index (χ3v) is 6.40. The Morgan fingerprint density at radius 3 is 2.39 bits per heavy atom. The average Bonchev–Trinajstić information content (AvgIpc) is 2.28. The van der Waals surface area contributed by atoms with Crippen LogP contribution in [0, 0.1) is 28.6 Å². The van der Waals surface area contributed by atoms with E-state index >= 15 is 0 Å². The summed E-state index contributed by atoms with van der Waals surface area (Å²) in [5.74, 6) is 1.80. The summed E-state index contributed by atoms with van der Waals surface area (Å²) in [4.78, 5) is 0. The highest BCUT2D eigenvalue weighted by atomic mass is 16.5. The fourth-order valence-corrected chi connectivity index (χ4v) is 5.30. The minimum atomic E-state index is 0.231. The Bertz CT molecular complexity index is 299. The second-order valence-electron chi connectivity index (χ2n) is 7.49. The van der Waals surface area contributed by atoms with Gasteiger partial charge in [0.1, 0.15) is 0 Å². The molecule has 2 fully saturated rings. The highest BCUT2D eigenvalue weighted by Gasteiger charge is 2.56. The van der Waals surface area contributed by atoms with Crippen molar-refractivity contribution in [3.63, 3.8) is 0 Å². The first-order valence-corrected chi connectivity index (χ1v) is 7.51. The number of fused-ring (bicyclic) bond motifs is 1. The maximum Gasteiger partial charge on any atom is 0.0625 e. The summed E-state index contributed by atoms with van der Waals surface area (Å²) in [7, 11) is 1.85. The molecule has 2 heteroatoms. The first-order chi connectivity index (χ1) is 8.37. The second-order valence-corrected chi connectivity index (χ2v) is 7.49. The molecule has 0 spiro atoms. The van der Waals surface area contributed by atoms with Crippen molar-refractivity contribution >= 4 is 0 Å². The molecule has 2 aliphatic rings. The molecule has 0 unspecified atom stereocenters. The highest BCUT2D eigenvalue weighted by molar-refractivity contribution is 5.05. The van der Waals surface area contributed by atoms with E-state index in [9.17, 15) is 5.11 Å². The van der Waals surface area contributed by atoms with E-state index in [2.05, 4.69) is 27.7 Å². The molecule has 106 valence electrons. The lowest BCUT2D eigenvalue weighted by Gasteiger charge is -2.60. The van der Waals surface area contributed by atoms with E-state index in [0.717, 1.165) is 6.42 Å². The smallest absolute Gasteiger partial charge is 0.0625 e. The van der Waals surface area contributed by atoms with Gasteiger partial charge in [0.2, 0.25) is 0 Å². The topological polar surface area (TPSA) is 29.5 Å². The fraction of sp³-hybridized carbons (Fsp3) is 1.00. The molecule has 2 rings (SSSR count). The molecule has 2 nitrogen and oxygen atoms in total. The minimum absolute atomic E-state index is 0.231. The lowest BCUT2D eigenvalue weighted by Crippen LogP contribution is -2.57.